The van der Waals surface area contributed by atoms with Gasteiger partial charge in [0.1, 0.15) is 0 Å². The lowest BCUT2D eigenvalue weighted by Crippen LogP contribution is -2.18. The number of nitrogens with one attached hydrogen (secondary N) is 1. The Morgan fingerprint density at radius 2 is 1.77 bits per heavy atom. The van der Waals surface area contributed by atoms with Crippen molar-refractivity contribution in [2.75, 3.05) is 7.11 Å². The van der Waals surface area contributed by atoms with Gasteiger partial charge < -0.3 is 9.47 Å². The Balaban J connectivity index is 1.35. The summed E-state index contributed by atoms with van der Waals surface area (Å²) in [7, 11) is 1.41. The number of carbonyl (C=O) groups is 2. The second-order valence-corrected chi connectivity index (χ2v) is 10.3. The molecule has 5 aromatic rings. The number of nitro groups is 1. The molecule has 1 amide bonds. The van der Waals surface area contributed by atoms with E-state index in [-0.39, 0.29) is 22.7 Å². The predicted octanol–water partition coefficient (Wildman–Crippen LogP) is 6.87. The molecule has 0 saturated carbocycles. The summed E-state index contributed by atoms with van der Waals surface area (Å²) in [6, 6.07) is 25.1. The number of aryl methyl sites for hydroxylation is 1. The highest BCUT2D eigenvalue weighted by Crippen LogP contribution is 2.29. The van der Waals surface area contributed by atoms with Crippen molar-refractivity contribution < 1.29 is 24.0 Å². The first kappa shape index (κ1) is 29.1. The van der Waals surface area contributed by atoms with E-state index in [1.165, 1.54) is 37.6 Å². The van der Waals surface area contributed by atoms with E-state index in [2.05, 4.69) is 26.5 Å². The number of rotatable bonds is 8. The fraction of sp³-hybridized carbons (Fsp3) is 0.0625. The van der Waals surface area contributed by atoms with Gasteiger partial charge in [0.05, 0.1) is 40.6 Å². The van der Waals surface area contributed by atoms with Crippen LogP contribution in [0.3, 0.4) is 0 Å². The molecule has 1 aromatic heterocycles. The van der Waals surface area contributed by atoms with E-state index < -0.39 is 16.8 Å². The van der Waals surface area contributed by atoms with E-state index in [9.17, 15) is 19.7 Å². The molecule has 214 valence electrons. The number of hydrogen-bond acceptors (Lipinski definition) is 8. The molecule has 0 spiro atoms. The van der Waals surface area contributed by atoms with E-state index in [1.807, 2.05) is 49.4 Å². The molecule has 4 aromatic carbocycles. The van der Waals surface area contributed by atoms with Crippen molar-refractivity contribution in [3.63, 3.8) is 0 Å². The fourth-order valence-corrected chi connectivity index (χ4v) is 4.54. The van der Waals surface area contributed by atoms with Crippen molar-refractivity contribution >= 4 is 50.6 Å². The van der Waals surface area contributed by atoms with Gasteiger partial charge in [-0.2, -0.15) is 5.10 Å². The first-order valence-corrected chi connectivity index (χ1v) is 13.7. The molecule has 0 fully saturated rings. The van der Waals surface area contributed by atoms with Gasteiger partial charge in [0.2, 0.25) is 0 Å². The standard InChI is InChI=1S/C32H23BrN4O6/c1-19-6-12-27-25(14-19)26(17-28(35-27)21-8-10-23(33)11-9-21)31(38)36-34-18-20-7-13-29(30(15-20)42-2)43-32(39)22-4-3-5-24(16-22)37(40)41/h3-18H,1-2H3,(H,36,38). The lowest BCUT2D eigenvalue weighted by Gasteiger charge is -2.10. The van der Waals surface area contributed by atoms with Gasteiger partial charge in [-0.15, -0.1) is 0 Å². The molecule has 0 aliphatic carbocycles. The van der Waals surface area contributed by atoms with Crippen molar-refractivity contribution in [2.45, 2.75) is 6.92 Å². The maximum Gasteiger partial charge on any atom is 0.343 e. The lowest BCUT2D eigenvalue weighted by atomic mass is 10.0. The molecule has 0 aliphatic heterocycles. The molecular weight excluding hydrogens is 616 g/mol. The van der Waals surface area contributed by atoms with Gasteiger partial charge in [-0.25, -0.2) is 15.2 Å². The minimum Gasteiger partial charge on any atom is -0.493 e. The number of pyridine rings is 1. The molecule has 0 aliphatic rings. The average molecular weight is 639 g/mol. The third-order valence-corrected chi connectivity index (χ3v) is 6.94. The maximum absolute atomic E-state index is 13.3. The van der Waals surface area contributed by atoms with Crippen LogP contribution in [0.4, 0.5) is 5.69 Å². The molecule has 0 saturated heterocycles. The van der Waals surface area contributed by atoms with E-state index in [0.29, 0.717) is 27.7 Å². The molecule has 1 heterocycles. The number of esters is 1. The van der Waals surface area contributed by atoms with Gasteiger partial charge in [-0.1, -0.05) is 45.8 Å². The summed E-state index contributed by atoms with van der Waals surface area (Å²) in [6.07, 6.45) is 1.43. The third kappa shape index (κ3) is 6.74. The van der Waals surface area contributed by atoms with Gasteiger partial charge in [0, 0.05) is 27.6 Å². The molecule has 10 nitrogen and oxygen atoms in total. The first-order chi connectivity index (χ1) is 20.7. The van der Waals surface area contributed by atoms with E-state index >= 15 is 0 Å². The summed E-state index contributed by atoms with van der Waals surface area (Å²) < 4.78 is 11.7. The summed E-state index contributed by atoms with van der Waals surface area (Å²) in [5, 5.41) is 15.8. The summed E-state index contributed by atoms with van der Waals surface area (Å²) in [5.41, 5.74) is 6.53. The maximum atomic E-state index is 13.3. The van der Waals surface area contributed by atoms with Crippen LogP contribution >= 0.6 is 15.9 Å². The Morgan fingerprint density at radius 3 is 2.51 bits per heavy atom. The average Bonchev–Trinajstić information content (AvgIpc) is 3.01. The topological polar surface area (TPSA) is 133 Å². The number of methoxy groups -OCH3 is 1. The van der Waals surface area contributed by atoms with Crippen molar-refractivity contribution in [2.24, 2.45) is 5.10 Å². The predicted molar refractivity (Wildman–Crippen MR) is 166 cm³/mol. The number of hydrazone groups is 1. The molecule has 1 N–H and O–H groups in total. The smallest absolute Gasteiger partial charge is 0.343 e. The molecule has 11 heteroatoms. The van der Waals surface area contributed by atoms with Gasteiger partial charge in [-0.05, 0) is 67.1 Å². The normalized spacial score (nSPS) is 11.0. The second kappa shape index (κ2) is 12.6. The van der Waals surface area contributed by atoms with Crippen molar-refractivity contribution in [1.82, 2.24) is 10.4 Å². The monoisotopic (exact) mass is 638 g/mol. The Kier molecular flexibility index (Phi) is 8.54. The number of amides is 1. The summed E-state index contributed by atoms with van der Waals surface area (Å²) in [5.74, 6) is -0.858. The number of non-ortho nitro benzene ring substituents is 1. The number of carbonyl (C=O) groups excluding carboxylic acids is 2. The van der Waals surface area contributed by atoms with Crippen LogP contribution in [0, 0.1) is 17.0 Å². The highest BCUT2D eigenvalue weighted by Gasteiger charge is 2.17. The van der Waals surface area contributed by atoms with Crippen LogP contribution in [0.15, 0.2) is 101 Å². The molecule has 0 radical (unpaired) electrons. The number of benzene rings is 4. The van der Waals surface area contributed by atoms with E-state index in [4.69, 9.17) is 14.5 Å². The van der Waals surface area contributed by atoms with Gasteiger partial charge in [0.15, 0.2) is 11.5 Å². The highest BCUT2D eigenvalue weighted by atomic mass is 79.9. The van der Waals surface area contributed by atoms with Crippen molar-refractivity contribution in [3.05, 3.63) is 128 Å². The number of hydrogen-bond donors (Lipinski definition) is 1. The molecule has 0 atom stereocenters. The van der Waals surface area contributed by atoms with Crippen molar-refractivity contribution in [3.8, 4) is 22.8 Å². The number of ether oxygens (including phenoxy) is 2. The van der Waals surface area contributed by atoms with E-state index in [0.717, 1.165) is 21.7 Å². The molecule has 43 heavy (non-hydrogen) atoms. The fourth-order valence-electron chi connectivity index (χ4n) is 4.28. The highest BCUT2D eigenvalue weighted by molar-refractivity contribution is 9.10. The van der Waals surface area contributed by atoms with Crippen LogP contribution in [-0.4, -0.2) is 35.1 Å². The van der Waals surface area contributed by atoms with Gasteiger partial charge in [0.25, 0.3) is 11.6 Å². The second-order valence-electron chi connectivity index (χ2n) is 9.39. The zero-order valence-corrected chi connectivity index (χ0v) is 24.5. The van der Waals surface area contributed by atoms with Crippen LogP contribution in [0.1, 0.15) is 31.8 Å². The van der Waals surface area contributed by atoms with Gasteiger partial charge >= 0.3 is 5.97 Å². The van der Waals surface area contributed by atoms with Crippen LogP contribution < -0.4 is 14.9 Å². The minimum absolute atomic E-state index is 0.0201. The van der Waals surface area contributed by atoms with Crippen LogP contribution in [0.2, 0.25) is 0 Å². The first-order valence-electron chi connectivity index (χ1n) is 12.9. The lowest BCUT2D eigenvalue weighted by molar-refractivity contribution is -0.384. The van der Waals surface area contributed by atoms with E-state index in [1.54, 1.807) is 18.2 Å². The number of nitrogens with zero attached hydrogens (tertiary/aromatic N) is 3. The summed E-state index contributed by atoms with van der Waals surface area (Å²) in [6.45, 7) is 1.94. The van der Waals surface area contributed by atoms with Gasteiger partial charge in [-0.3, -0.25) is 14.9 Å². The number of nitro benzene ring substituents is 1. The van der Waals surface area contributed by atoms with Crippen molar-refractivity contribution in [1.29, 1.82) is 0 Å². The number of aromatic nitrogens is 1. The Bertz CT molecular complexity index is 1910. The molecular formula is C32H23BrN4O6. The SMILES string of the molecule is COc1cc(C=NNC(=O)c2cc(-c3ccc(Br)cc3)nc3ccc(C)cc23)ccc1OC(=O)c1cccc([N+](=O)[O-])c1. The molecule has 0 unspecified atom stereocenters. The summed E-state index contributed by atoms with van der Waals surface area (Å²) in [4.78, 5) is 41.1. The van der Waals surface area contributed by atoms with Crippen LogP contribution in [-0.2, 0) is 0 Å². The number of halogens is 1. The molecule has 0 bridgehead atoms. The Labute approximate surface area is 254 Å². The largest absolute Gasteiger partial charge is 0.493 e. The molecule has 5 rings (SSSR count). The Hall–Kier alpha value is -5.42. The summed E-state index contributed by atoms with van der Waals surface area (Å²) >= 11 is 3.44. The quantitative estimate of drug-likeness (QED) is 0.0644. The van der Waals surface area contributed by atoms with Crippen LogP contribution in [0.5, 0.6) is 11.5 Å². The zero-order valence-electron chi connectivity index (χ0n) is 22.9. The third-order valence-electron chi connectivity index (χ3n) is 6.41. The number of fused-ring (bicyclic) bond motifs is 1. The minimum atomic E-state index is -0.780. The van der Waals surface area contributed by atoms with Crippen LogP contribution in [0.25, 0.3) is 22.2 Å². The Morgan fingerprint density at radius 1 is 0.977 bits per heavy atom. The zero-order chi connectivity index (χ0) is 30.5.